The molecule has 0 aliphatic carbocycles. The van der Waals surface area contributed by atoms with Crippen molar-refractivity contribution in [3.63, 3.8) is 0 Å². The largest absolute Gasteiger partial charge is 0.497 e. The zero-order valence-corrected chi connectivity index (χ0v) is 20.6. The first-order chi connectivity index (χ1) is 15.1. The second-order valence-electron chi connectivity index (χ2n) is 9.50. The highest BCUT2D eigenvalue weighted by Gasteiger charge is 2.25. The van der Waals surface area contributed by atoms with Crippen molar-refractivity contribution in [2.24, 2.45) is 5.92 Å². The number of methoxy groups -OCH3 is 1. The van der Waals surface area contributed by atoms with E-state index in [1.807, 2.05) is 36.9 Å². The number of amides is 2. The highest BCUT2D eigenvalue weighted by Crippen LogP contribution is 2.34. The molecule has 0 saturated carbocycles. The summed E-state index contributed by atoms with van der Waals surface area (Å²) in [5.41, 5.74) is 1.78. The maximum absolute atomic E-state index is 12.5. The minimum Gasteiger partial charge on any atom is -0.497 e. The van der Waals surface area contributed by atoms with Crippen molar-refractivity contribution in [3.05, 3.63) is 34.3 Å². The first-order valence-electron chi connectivity index (χ1n) is 10.9. The molecule has 2 heterocycles. The van der Waals surface area contributed by atoms with Crippen LogP contribution in [0.25, 0.3) is 0 Å². The molecule has 1 aliphatic rings. The molecule has 7 nitrogen and oxygen atoms in total. The quantitative estimate of drug-likeness (QED) is 0.664. The number of benzene rings is 1. The summed E-state index contributed by atoms with van der Waals surface area (Å²) < 4.78 is 11.2. The van der Waals surface area contributed by atoms with E-state index in [9.17, 15) is 9.59 Å². The maximum Gasteiger partial charge on any atom is 0.264 e. The molecule has 2 aromatic rings. The fourth-order valence-electron chi connectivity index (χ4n) is 3.59. The lowest BCUT2D eigenvalue weighted by Crippen LogP contribution is -2.36. The van der Waals surface area contributed by atoms with Gasteiger partial charge in [0.1, 0.15) is 11.5 Å². The minimum absolute atomic E-state index is 0.112. The summed E-state index contributed by atoms with van der Waals surface area (Å²) in [6.45, 7) is 11.5. The molecule has 0 unspecified atom stereocenters. The Labute approximate surface area is 194 Å². The van der Waals surface area contributed by atoms with Gasteiger partial charge in [-0.3, -0.25) is 14.9 Å². The first-order valence-corrected chi connectivity index (χ1v) is 11.8. The number of carbonyl (C=O) groups is 2. The highest BCUT2D eigenvalue weighted by atomic mass is 32.1. The molecule has 1 aromatic carbocycles. The number of fused-ring (bicyclic) bond motifs is 1. The van der Waals surface area contributed by atoms with Gasteiger partial charge in [-0.2, -0.15) is 0 Å². The molecule has 0 bridgehead atoms. The van der Waals surface area contributed by atoms with E-state index in [2.05, 4.69) is 31.1 Å². The number of hydrogen-bond acceptors (Lipinski definition) is 6. The SMILES string of the molecule is COc1ccc(OCC(=O)Nc2nc3c(s2)CN(C(=O)CC(C)C)CC3)c(C(C)(C)C)c1. The second-order valence-corrected chi connectivity index (χ2v) is 10.6. The summed E-state index contributed by atoms with van der Waals surface area (Å²) >= 11 is 1.43. The van der Waals surface area contributed by atoms with E-state index < -0.39 is 0 Å². The molecule has 0 atom stereocenters. The number of aromatic nitrogens is 1. The highest BCUT2D eigenvalue weighted by molar-refractivity contribution is 7.15. The standard InChI is InChI=1S/C24H33N3O4S/c1-15(2)11-22(29)27-10-9-18-20(13-27)32-23(25-18)26-21(28)14-31-19-8-7-16(30-6)12-17(19)24(3,4)5/h7-8,12,15H,9-11,13-14H2,1-6H3,(H,25,26,28). The lowest BCUT2D eigenvalue weighted by molar-refractivity contribution is -0.132. The molecule has 1 aliphatic heterocycles. The van der Waals surface area contributed by atoms with Crippen LogP contribution in [-0.4, -0.2) is 42.0 Å². The Morgan fingerprint density at radius 3 is 2.69 bits per heavy atom. The third-order valence-corrected chi connectivity index (χ3v) is 6.26. The van der Waals surface area contributed by atoms with Crippen LogP contribution in [-0.2, 0) is 28.0 Å². The average Bonchev–Trinajstić information content (AvgIpc) is 3.12. The molecule has 32 heavy (non-hydrogen) atoms. The van der Waals surface area contributed by atoms with Crippen molar-refractivity contribution in [1.82, 2.24) is 9.88 Å². The third-order valence-electron chi connectivity index (χ3n) is 5.27. The minimum atomic E-state index is -0.264. The zero-order valence-electron chi connectivity index (χ0n) is 19.8. The van der Waals surface area contributed by atoms with Crippen molar-refractivity contribution < 1.29 is 19.1 Å². The Kier molecular flexibility index (Phi) is 7.44. The van der Waals surface area contributed by atoms with Crippen LogP contribution in [0.3, 0.4) is 0 Å². The zero-order chi connectivity index (χ0) is 23.5. The lowest BCUT2D eigenvalue weighted by Gasteiger charge is -2.26. The summed E-state index contributed by atoms with van der Waals surface area (Å²) in [4.78, 5) is 32.4. The summed E-state index contributed by atoms with van der Waals surface area (Å²) in [5, 5.41) is 3.39. The van der Waals surface area contributed by atoms with Crippen LogP contribution >= 0.6 is 11.3 Å². The third kappa shape index (κ3) is 6.00. The number of rotatable bonds is 7. The van der Waals surface area contributed by atoms with Crippen LogP contribution < -0.4 is 14.8 Å². The van der Waals surface area contributed by atoms with Gasteiger partial charge >= 0.3 is 0 Å². The summed E-state index contributed by atoms with van der Waals surface area (Å²) in [7, 11) is 1.63. The van der Waals surface area contributed by atoms with Gasteiger partial charge in [0.25, 0.3) is 5.91 Å². The van der Waals surface area contributed by atoms with Gasteiger partial charge in [0.2, 0.25) is 5.91 Å². The number of nitrogens with zero attached hydrogens (tertiary/aromatic N) is 2. The van der Waals surface area contributed by atoms with Crippen molar-refractivity contribution in [1.29, 1.82) is 0 Å². The second kappa shape index (κ2) is 9.90. The molecular weight excluding hydrogens is 426 g/mol. The van der Waals surface area contributed by atoms with Gasteiger partial charge in [-0.15, -0.1) is 0 Å². The molecule has 2 amide bonds. The summed E-state index contributed by atoms with van der Waals surface area (Å²) in [6.07, 6.45) is 1.26. The Hall–Kier alpha value is -2.61. The van der Waals surface area contributed by atoms with Crippen molar-refractivity contribution >= 4 is 28.3 Å². The van der Waals surface area contributed by atoms with E-state index in [1.54, 1.807) is 7.11 Å². The summed E-state index contributed by atoms with van der Waals surface area (Å²) in [5.74, 6) is 1.66. The van der Waals surface area contributed by atoms with Crippen molar-refractivity contribution in [2.45, 2.75) is 59.4 Å². The Balaban J connectivity index is 1.61. The van der Waals surface area contributed by atoms with Crippen molar-refractivity contribution in [2.75, 3.05) is 25.6 Å². The Bertz CT molecular complexity index is 978. The fourth-order valence-corrected chi connectivity index (χ4v) is 4.63. The van der Waals surface area contributed by atoms with Crippen LogP contribution in [0.2, 0.25) is 0 Å². The van der Waals surface area contributed by atoms with Gasteiger partial charge in [0.15, 0.2) is 11.7 Å². The maximum atomic E-state index is 12.5. The predicted molar refractivity (Wildman–Crippen MR) is 127 cm³/mol. The van der Waals surface area contributed by atoms with Crippen molar-refractivity contribution in [3.8, 4) is 11.5 Å². The first kappa shape index (κ1) is 24.0. The van der Waals surface area contributed by atoms with Crippen LogP contribution in [0, 0.1) is 5.92 Å². The van der Waals surface area contributed by atoms with Gasteiger partial charge < -0.3 is 14.4 Å². The van der Waals surface area contributed by atoms with Gasteiger partial charge in [0, 0.05) is 29.8 Å². The molecule has 8 heteroatoms. The molecule has 174 valence electrons. The number of hydrogen-bond donors (Lipinski definition) is 1. The van der Waals surface area contributed by atoms with Crippen LogP contribution in [0.4, 0.5) is 5.13 Å². The fraction of sp³-hybridized carbons (Fsp3) is 0.542. The van der Waals surface area contributed by atoms with E-state index in [0.717, 1.165) is 21.9 Å². The molecule has 3 rings (SSSR count). The van der Waals surface area contributed by atoms with E-state index >= 15 is 0 Å². The molecule has 0 spiro atoms. The van der Waals surface area contributed by atoms with Crippen LogP contribution in [0.15, 0.2) is 18.2 Å². The van der Waals surface area contributed by atoms with Crippen LogP contribution in [0.1, 0.15) is 57.2 Å². The van der Waals surface area contributed by atoms with Gasteiger partial charge in [0.05, 0.1) is 19.3 Å². The molecular formula is C24H33N3O4S. The van der Waals surface area contributed by atoms with E-state index in [-0.39, 0.29) is 23.8 Å². The topological polar surface area (TPSA) is 80.8 Å². The number of thiazole rings is 1. The predicted octanol–water partition coefficient (Wildman–Crippen LogP) is 4.40. The lowest BCUT2D eigenvalue weighted by atomic mass is 9.86. The van der Waals surface area contributed by atoms with Gasteiger partial charge in [-0.05, 0) is 29.5 Å². The molecule has 1 aromatic heterocycles. The molecule has 1 N–H and O–H groups in total. The monoisotopic (exact) mass is 459 g/mol. The van der Waals surface area contributed by atoms with Crippen LogP contribution in [0.5, 0.6) is 11.5 Å². The number of anilines is 1. The molecule has 0 fully saturated rings. The number of carbonyl (C=O) groups excluding carboxylic acids is 2. The normalized spacial score (nSPS) is 13.7. The smallest absolute Gasteiger partial charge is 0.264 e. The number of nitrogens with one attached hydrogen (secondary N) is 1. The molecule has 0 radical (unpaired) electrons. The van der Waals surface area contributed by atoms with E-state index in [1.165, 1.54) is 11.3 Å². The van der Waals surface area contributed by atoms with Gasteiger partial charge in [-0.25, -0.2) is 4.98 Å². The average molecular weight is 460 g/mol. The number of ether oxygens (including phenoxy) is 2. The van der Waals surface area contributed by atoms with E-state index in [4.69, 9.17) is 9.47 Å². The Morgan fingerprint density at radius 2 is 2.03 bits per heavy atom. The Morgan fingerprint density at radius 1 is 1.28 bits per heavy atom. The molecule has 0 saturated heterocycles. The summed E-state index contributed by atoms with van der Waals surface area (Å²) in [6, 6.07) is 5.59. The van der Waals surface area contributed by atoms with Gasteiger partial charge in [-0.1, -0.05) is 46.0 Å². The van der Waals surface area contributed by atoms with E-state index in [0.29, 0.717) is 42.7 Å².